The Hall–Kier alpha value is -2.96. The van der Waals surface area contributed by atoms with Crippen molar-refractivity contribution in [1.29, 1.82) is 0 Å². The fraction of sp³-hybridized carbons (Fsp3) is 0.333. The number of rotatable bonds is 6. The smallest absolute Gasteiger partial charge is 0.231 e. The molecule has 2 aromatic rings. The van der Waals surface area contributed by atoms with Gasteiger partial charge in [-0.2, -0.15) is 0 Å². The zero-order valence-electron chi connectivity index (χ0n) is 19.7. The van der Waals surface area contributed by atoms with Gasteiger partial charge in [0.05, 0.1) is 11.4 Å². The lowest BCUT2D eigenvalue weighted by atomic mass is 9.95. The molecule has 0 aromatic heterocycles. The molecule has 2 N–H and O–H groups in total. The molecule has 2 fully saturated rings. The van der Waals surface area contributed by atoms with Crippen LogP contribution in [0.2, 0.25) is 10.0 Å². The average molecular weight is 515 g/mol. The molecule has 0 saturated carbocycles. The van der Waals surface area contributed by atoms with Gasteiger partial charge in [0.15, 0.2) is 0 Å². The summed E-state index contributed by atoms with van der Waals surface area (Å²) in [5.74, 6) is -1.21. The lowest BCUT2D eigenvalue weighted by Crippen LogP contribution is -2.56. The van der Waals surface area contributed by atoms with E-state index in [4.69, 9.17) is 23.2 Å². The third-order valence-electron chi connectivity index (χ3n) is 6.91. The van der Waals surface area contributed by atoms with Crippen molar-refractivity contribution in [2.24, 2.45) is 11.8 Å². The second-order valence-corrected chi connectivity index (χ2v) is 10.2. The number of hydrogen-bond donors (Lipinski definition) is 2. The zero-order chi connectivity index (χ0) is 25.7. The van der Waals surface area contributed by atoms with Gasteiger partial charge in [-0.05, 0) is 25.0 Å². The van der Waals surface area contributed by atoms with Crippen LogP contribution in [0.25, 0.3) is 0 Å². The first-order valence-electron chi connectivity index (χ1n) is 11.5. The fourth-order valence-corrected chi connectivity index (χ4v) is 6.03. The molecule has 2 heterocycles. The van der Waals surface area contributed by atoms with E-state index in [0.29, 0.717) is 58.2 Å². The van der Waals surface area contributed by atoms with Gasteiger partial charge in [-0.1, -0.05) is 49.2 Å². The van der Waals surface area contributed by atoms with E-state index in [1.807, 2.05) is 13.8 Å². The van der Waals surface area contributed by atoms with Gasteiger partial charge in [-0.15, -0.1) is 13.2 Å². The van der Waals surface area contributed by atoms with E-state index in [9.17, 15) is 19.8 Å². The standard InChI is InChI=1S/C27H28Cl2N2O4/c1-5-7-19-21(28)9-17(11-23(19)32)30-25(34)15(3)13-27(30)14-16(4)26(35)31(27)18-10-22(29)20(8-6-2)24(33)12-18/h5-6,9-12,15-16,32-33H,1-2,7-8,13-14H2,3-4H3. The van der Waals surface area contributed by atoms with Crippen LogP contribution >= 0.6 is 23.2 Å². The molecular formula is C27H28Cl2N2O4. The van der Waals surface area contributed by atoms with Crippen LogP contribution in [0.3, 0.4) is 0 Å². The molecule has 2 saturated heterocycles. The van der Waals surface area contributed by atoms with Crippen LogP contribution in [0.4, 0.5) is 11.4 Å². The van der Waals surface area contributed by atoms with Crippen molar-refractivity contribution in [3.8, 4) is 11.5 Å². The Labute approximate surface area is 215 Å². The van der Waals surface area contributed by atoms with Gasteiger partial charge in [0, 0.05) is 58.0 Å². The molecule has 2 aromatic carbocycles. The van der Waals surface area contributed by atoms with Crippen molar-refractivity contribution in [1.82, 2.24) is 0 Å². The summed E-state index contributed by atoms with van der Waals surface area (Å²) in [6, 6.07) is 6.29. The first-order chi connectivity index (χ1) is 16.5. The van der Waals surface area contributed by atoms with Crippen molar-refractivity contribution >= 4 is 46.4 Å². The molecule has 184 valence electrons. The number of phenols is 2. The van der Waals surface area contributed by atoms with Gasteiger partial charge >= 0.3 is 0 Å². The molecule has 0 bridgehead atoms. The molecule has 2 atom stereocenters. The first kappa shape index (κ1) is 25.1. The third-order valence-corrected chi connectivity index (χ3v) is 7.58. The summed E-state index contributed by atoms with van der Waals surface area (Å²) in [5, 5.41) is 22.0. The van der Waals surface area contributed by atoms with Crippen LogP contribution in [0.5, 0.6) is 11.5 Å². The molecule has 0 aliphatic carbocycles. The van der Waals surface area contributed by atoms with Crippen LogP contribution < -0.4 is 9.80 Å². The molecule has 6 nitrogen and oxygen atoms in total. The number of amides is 2. The summed E-state index contributed by atoms with van der Waals surface area (Å²) in [6.07, 6.45) is 4.77. The van der Waals surface area contributed by atoms with E-state index in [-0.39, 0.29) is 35.1 Å². The Kier molecular flexibility index (Phi) is 6.64. The number of nitrogens with zero attached hydrogens (tertiary/aromatic N) is 2. The van der Waals surface area contributed by atoms with Gasteiger partial charge in [-0.25, -0.2) is 0 Å². The maximum Gasteiger partial charge on any atom is 0.231 e. The average Bonchev–Trinajstić information content (AvgIpc) is 3.17. The third kappa shape index (κ3) is 3.99. The van der Waals surface area contributed by atoms with Gasteiger partial charge in [0.2, 0.25) is 11.8 Å². The second-order valence-electron chi connectivity index (χ2n) is 9.38. The summed E-state index contributed by atoms with van der Waals surface area (Å²) in [6.45, 7) is 11.0. The lowest BCUT2D eigenvalue weighted by molar-refractivity contribution is -0.120. The fourth-order valence-electron chi connectivity index (χ4n) is 5.46. The van der Waals surface area contributed by atoms with Crippen LogP contribution in [0.15, 0.2) is 49.6 Å². The minimum Gasteiger partial charge on any atom is -0.508 e. The SMILES string of the molecule is C=CCc1c(O)cc(N2C(=O)C(C)CC23CC(C)C(=O)N3c2cc(O)c(CC=C)c(Cl)c2)cc1Cl. The molecule has 8 heteroatoms. The summed E-state index contributed by atoms with van der Waals surface area (Å²) in [4.78, 5) is 30.2. The number of halogens is 2. The van der Waals surface area contributed by atoms with Crippen molar-refractivity contribution in [2.45, 2.75) is 45.2 Å². The Bertz CT molecular complexity index is 1100. The number of aromatic hydroxyl groups is 2. The summed E-state index contributed by atoms with van der Waals surface area (Å²) in [5.41, 5.74) is 0.793. The predicted octanol–water partition coefficient (Wildman–Crippen LogP) is 6.00. The minimum atomic E-state index is -1.04. The molecule has 0 radical (unpaired) electrons. The van der Waals surface area contributed by atoms with Crippen LogP contribution in [-0.4, -0.2) is 27.7 Å². The molecule has 2 unspecified atom stereocenters. The number of anilines is 2. The van der Waals surface area contributed by atoms with Crippen molar-refractivity contribution in [3.05, 3.63) is 70.7 Å². The molecule has 2 aliphatic rings. The molecule has 1 spiro atoms. The normalized spacial score (nSPS) is 24.0. The first-order valence-corrected chi connectivity index (χ1v) is 12.2. The van der Waals surface area contributed by atoms with E-state index < -0.39 is 5.66 Å². The van der Waals surface area contributed by atoms with Crippen LogP contribution in [0, 0.1) is 11.8 Å². The number of carbonyl (C=O) groups is 2. The number of carbonyl (C=O) groups excluding carboxylic acids is 2. The van der Waals surface area contributed by atoms with E-state index in [1.54, 1.807) is 34.1 Å². The monoisotopic (exact) mass is 514 g/mol. The van der Waals surface area contributed by atoms with Gasteiger partial charge in [-0.3, -0.25) is 19.4 Å². The van der Waals surface area contributed by atoms with Gasteiger partial charge in [0.1, 0.15) is 17.2 Å². The minimum absolute atomic E-state index is 0.0479. The molecule has 2 aliphatic heterocycles. The van der Waals surface area contributed by atoms with E-state index in [1.165, 1.54) is 12.1 Å². The second kappa shape index (κ2) is 9.25. The largest absolute Gasteiger partial charge is 0.508 e. The maximum absolute atomic E-state index is 13.5. The molecule has 35 heavy (non-hydrogen) atoms. The summed E-state index contributed by atoms with van der Waals surface area (Å²) < 4.78 is 0. The summed E-state index contributed by atoms with van der Waals surface area (Å²) in [7, 11) is 0. The number of hydrogen-bond acceptors (Lipinski definition) is 4. The van der Waals surface area contributed by atoms with Crippen molar-refractivity contribution < 1.29 is 19.8 Å². The number of phenolic OH excluding ortho intramolecular Hbond substituents is 2. The Morgan fingerprint density at radius 1 is 0.857 bits per heavy atom. The topological polar surface area (TPSA) is 81.1 Å². The van der Waals surface area contributed by atoms with E-state index >= 15 is 0 Å². The number of benzene rings is 2. The quantitative estimate of drug-likeness (QED) is 0.463. The lowest BCUT2D eigenvalue weighted by Gasteiger charge is -2.42. The molecule has 4 rings (SSSR count). The Morgan fingerprint density at radius 2 is 1.23 bits per heavy atom. The highest BCUT2D eigenvalue weighted by atomic mass is 35.5. The van der Waals surface area contributed by atoms with E-state index in [0.717, 1.165) is 0 Å². The van der Waals surface area contributed by atoms with Crippen molar-refractivity contribution in [2.75, 3.05) is 9.80 Å². The van der Waals surface area contributed by atoms with Crippen LogP contribution in [0.1, 0.15) is 37.8 Å². The zero-order valence-corrected chi connectivity index (χ0v) is 21.2. The van der Waals surface area contributed by atoms with Crippen molar-refractivity contribution in [3.63, 3.8) is 0 Å². The highest BCUT2D eigenvalue weighted by Crippen LogP contribution is 2.52. The highest BCUT2D eigenvalue weighted by Gasteiger charge is 2.61. The number of allylic oxidation sites excluding steroid dienone is 2. The highest BCUT2D eigenvalue weighted by molar-refractivity contribution is 6.32. The Balaban J connectivity index is 1.90. The molecule has 2 amide bonds. The summed E-state index contributed by atoms with van der Waals surface area (Å²) >= 11 is 13.0. The Morgan fingerprint density at radius 3 is 1.54 bits per heavy atom. The van der Waals surface area contributed by atoms with Gasteiger partial charge in [0.25, 0.3) is 0 Å². The van der Waals surface area contributed by atoms with E-state index in [2.05, 4.69) is 13.2 Å². The molecular weight excluding hydrogens is 487 g/mol. The maximum atomic E-state index is 13.5. The predicted molar refractivity (Wildman–Crippen MR) is 139 cm³/mol. The van der Waals surface area contributed by atoms with Gasteiger partial charge < -0.3 is 10.2 Å². The van der Waals surface area contributed by atoms with Crippen LogP contribution in [-0.2, 0) is 22.4 Å².